The first-order valence-corrected chi connectivity index (χ1v) is 7.16. The minimum absolute atomic E-state index is 0.273. The Morgan fingerprint density at radius 2 is 1.79 bits per heavy atom. The van der Waals surface area contributed by atoms with Crippen LogP contribution in [0.15, 0.2) is 40.9 Å². The van der Waals surface area contributed by atoms with E-state index in [1.54, 1.807) is 13.2 Å². The number of rotatable bonds is 3. The third-order valence-electron chi connectivity index (χ3n) is 2.70. The molecule has 0 saturated carbocycles. The summed E-state index contributed by atoms with van der Waals surface area (Å²) < 4.78 is 32.4. The summed E-state index contributed by atoms with van der Waals surface area (Å²) in [6.45, 7) is 0. The average Bonchev–Trinajstić information content (AvgIpc) is 2.41. The van der Waals surface area contributed by atoms with Crippen molar-refractivity contribution < 1.29 is 13.5 Å². The van der Waals surface area contributed by atoms with Crippen LogP contribution in [0.5, 0.6) is 5.75 Å². The van der Waals surface area contributed by atoms with Crippen LogP contribution in [0.2, 0.25) is 0 Å². The van der Waals surface area contributed by atoms with Gasteiger partial charge in [0, 0.05) is 10.0 Å². The highest BCUT2D eigenvalue weighted by atomic mass is 79.9. The van der Waals surface area contributed by atoms with Gasteiger partial charge in [-0.3, -0.25) is 0 Å². The third kappa shape index (κ3) is 3.15. The van der Waals surface area contributed by atoms with E-state index in [-0.39, 0.29) is 4.83 Å². The number of halogens is 4. The van der Waals surface area contributed by atoms with Crippen molar-refractivity contribution in [1.82, 2.24) is 0 Å². The molecule has 0 aliphatic rings. The van der Waals surface area contributed by atoms with Crippen molar-refractivity contribution in [1.29, 1.82) is 0 Å². The minimum atomic E-state index is -0.863. The number of ether oxygens (including phenoxy) is 1. The Morgan fingerprint density at radius 3 is 2.42 bits per heavy atom. The van der Waals surface area contributed by atoms with E-state index in [0.29, 0.717) is 11.3 Å². The summed E-state index contributed by atoms with van der Waals surface area (Å²) in [4.78, 5) is -0.273. The van der Waals surface area contributed by atoms with E-state index in [2.05, 4.69) is 31.9 Å². The van der Waals surface area contributed by atoms with Gasteiger partial charge >= 0.3 is 0 Å². The van der Waals surface area contributed by atoms with Crippen LogP contribution in [0.25, 0.3) is 0 Å². The van der Waals surface area contributed by atoms with Crippen molar-refractivity contribution in [3.63, 3.8) is 0 Å². The highest BCUT2D eigenvalue weighted by Crippen LogP contribution is 2.38. The molecule has 0 fully saturated rings. The zero-order valence-corrected chi connectivity index (χ0v) is 13.1. The maximum absolute atomic E-state index is 13.3. The molecule has 0 N–H and O–H groups in total. The molecule has 0 saturated heterocycles. The van der Waals surface area contributed by atoms with Gasteiger partial charge in [0.15, 0.2) is 11.6 Å². The molecule has 2 aromatic carbocycles. The van der Waals surface area contributed by atoms with Gasteiger partial charge in [-0.15, -0.1) is 0 Å². The van der Waals surface area contributed by atoms with Crippen molar-refractivity contribution in [3.05, 3.63) is 63.6 Å². The SMILES string of the molecule is COc1cc(Br)ccc1C(Br)c1ccc(F)c(F)c1. The summed E-state index contributed by atoms with van der Waals surface area (Å²) in [5.41, 5.74) is 1.47. The fourth-order valence-corrected chi connectivity index (χ4v) is 2.75. The Hall–Kier alpha value is -0.940. The quantitative estimate of drug-likeness (QED) is 0.651. The lowest BCUT2D eigenvalue weighted by Gasteiger charge is -2.15. The molecule has 0 bridgehead atoms. The summed E-state index contributed by atoms with van der Waals surface area (Å²) in [6, 6.07) is 9.39. The zero-order valence-electron chi connectivity index (χ0n) is 9.96. The third-order valence-corrected chi connectivity index (χ3v) is 4.22. The first-order chi connectivity index (χ1) is 9.02. The monoisotopic (exact) mass is 390 g/mol. The molecule has 5 heteroatoms. The Balaban J connectivity index is 2.43. The van der Waals surface area contributed by atoms with Crippen LogP contribution in [0.1, 0.15) is 16.0 Å². The molecule has 0 radical (unpaired) electrons. The highest BCUT2D eigenvalue weighted by molar-refractivity contribution is 9.10. The zero-order chi connectivity index (χ0) is 14.0. The molecule has 1 atom stereocenters. The molecule has 0 aliphatic heterocycles. The Kier molecular flexibility index (Phi) is 4.58. The largest absolute Gasteiger partial charge is 0.496 e. The Labute approximate surface area is 126 Å². The molecule has 1 nitrogen and oxygen atoms in total. The van der Waals surface area contributed by atoms with E-state index in [1.807, 2.05) is 18.2 Å². The number of hydrogen-bond acceptors (Lipinski definition) is 1. The smallest absolute Gasteiger partial charge is 0.159 e. The normalized spacial score (nSPS) is 12.3. The first kappa shape index (κ1) is 14.5. The summed E-state index contributed by atoms with van der Waals surface area (Å²) in [5.74, 6) is -1.05. The van der Waals surface area contributed by atoms with Gasteiger partial charge in [0.1, 0.15) is 5.75 Å². The molecule has 0 aliphatic carbocycles. The Bertz CT molecular complexity index is 602. The maximum atomic E-state index is 13.3. The van der Waals surface area contributed by atoms with Crippen molar-refractivity contribution in [2.24, 2.45) is 0 Å². The predicted octanol–water partition coefficient (Wildman–Crippen LogP) is 5.22. The maximum Gasteiger partial charge on any atom is 0.159 e. The molecular weight excluding hydrogens is 382 g/mol. The molecule has 0 spiro atoms. The van der Waals surface area contributed by atoms with E-state index in [4.69, 9.17) is 4.74 Å². The van der Waals surface area contributed by atoms with Crippen molar-refractivity contribution >= 4 is 31.9 Å². The van der Waals surface area contributed by atoms with E-state index >= 15 is 0 Å². The van der Waals surface area contributed by atoms with Gasteiger partial charge in [-0.1, -0.05) is 44.0 Å². The molecule has 0 amide bonds. The van der Waals surface area contributed by atoms with E-state index in [0.717, 1.165) is 16.1 Å². The van der Waals surface area contributed by atoms with Crippen molar-refractivity contribution in [2.75, 3.05) is 7.11 Å². The average molecular weight is 392 g/mol. The van der Waals surface area contributed by atoms with Gasteiger partial charge < -0.3 is 4.74 Å². The topological polar surface area (TPSA) is 9.23 Å². The van der Waals surface area contributed by atoms with E-state index < -0.39 is 11.6 Å². The lowest BCUT2D eigenvalue weighted by atomic mass is 10.0. The highest BCUT2D eigenvalue weighted by Gasteiger charge is 2.17. The van der Waals surface area contributed by atoms with Gasteiger partial charge in [0.25, 0.3) is 0 Å². The second kappa shape index (κ2) is 6.01. The lowest BCUT2D eigenvalue weighted by molar-refractivity contribution is 0.410. The first-order valence-electron chi connectivity index (χ1n) is 5.45. The van der Waals surface area contributed by atoms with E-state index in [9.17, 15) is 8.78 Å². The van der Waals surface area contributed by atoms with E-state index in [1.165, 1.54) is 6.07 Å². The van der Waals surface area contributed by atoms with Crippen LogP contribution >= 0.6 is 31.9 Å². The molecule has 1 unspecified atom stereocenters. The molecular formula is C14H10Br2F2O. The standard InChI is InChI=1S/C14H10Br2F2O/c1-19-13-7-9(15)3-4-10(13)14(16)8-2-5-11(17)12(18)6-8/h2-7,14H,1H3. The van der Waals surface area contributed by atoms with Gasteiger partial charge in [-0.05, 0) is 29.8 Å². The number of methoxy groups -OCH3 is 1. The summed E-state index contributed by atoms with van der Waals surface area (Å²) in [5, 5.41) is 0. The second-order valence-electron chi connectivity index (χ2n) is 3.92. The van der Waals surface area contributed by atoms with Gasteiger partial charge in [0.2, 0.25) is 0 Å². The lowest BCUT2D eigenvalue weighted by Crippen LogP contribution is -1.98. The van der Waals surface area contributed by atoms with Crippen LogP contribution in [-0.4, -0.2) is 7.11 Å². The van der Waals surface area contributed by atoms with Crippen LogP contribution in [0.4, 0.5) is 8.78 Å². The molecule has 0 aromatic heterocycles. The molecule has 2 aromatic rings. The van der Waals surface area contributed by atoms with Crippen LogP contribution in [-0.2, 0) is 0 Å². The van der Waals surface area contributed by atoms with Gasteiger partial charge in [-0.25, -0.2) is 8.78 Å². The number of hydrogen-bond donors (Lipinski definition) is 0. The van der Waals surface area contributed by atoms with Crippen molar-refractivity contribution in [3.8, 4) is 5.75 Å². The minimum Gasteiger partial charge on any atom is -0.496 e. The summed E-state index contributed by atoms with van der Waals surface area (Å²) in [7, 11) is 1.57. The Morgan fingerprint density at radius 1 is 1.05 bits per heavy atom. The summed E-state index contributed by atoms with van der Waals surface area (Å²) in [6.07, 6.45) is 0. The predicted molar refractivity (Wildman–Crippen MR) is 77.8 cm³/mol. The second-order valence-corrected chi connectivity index (χ2v) is 5.75. The summed E-state index contributed by atoms with van der Waals surface area (Å²) >= 11 is 6.84. The molecule has 0 heterocycles. The number of benzene rings is 2. The fourth-order valence-electron chi connectivity index (χ4n) is 1.74. The molecule has 19 heavy (non-hydrogen) atoms. The molecule has 2 rings (SSSR count). The van der Waals surface area contributed by atoms with Crippen LogP contribution in [0.3, 0.4) is 0 Å². The van der Waals surface area contributed by atoms with Crippen LogP contribution in [0, 0.1) is 11.6 Å². The van der Waals surface area contributed by atoms with Crippen molar-refractivity contribution in [2.45, 2.75) is 4.83 Å². The van der Waals surface area contributed by atoms with Gasteiger partial charge in [0.05, 0.1) is 11.9 Å². The molecule has 100 valence electrons. The fraction of sp³-hybridized carbons (Fsp3) is 0.143. The van der Waals surface area contributed by atoms with Gasteiger partial charge in [-0.2, -0.15) is 0 Å². The van der Waals surface area contributed by atoms with Crippen LogP contribution < -0.4 is 4.74 Å². The number of alkyl halides is 1.